The van der Waals surface area contributed by atoms with Crippen LogP contribution >= 0.6 is 0 Å². The molecule has 0 saturated carbocycles. The molecule has 4 heteroatoms. The Morgan fingerprint density at radius 2 is 2.07 bits per heavy atom. The second-order valence-corrected chi connectivity index (χ2v) is 2.66. The van der Waals surface area contributed by atoms with Crippen LogP contribution in [-0.2, 0) is 9.53 Å². The Balaban J connectivity index is 2.88. The molecule has 1 aromatic rings. The number of nitrogens with zero attached hydrogens (tertiary/aromatic N) is 1. The molecule has 0 fully saturated rings. The van der Waals surface area contributed by atoms with Gasteiger partial charge in [0.1, 0.15) is 0 Å². The minimum absolute atomic E-state index is 0.413. The van der Waals surface area contributed by atoms with Crippen molar-refractivity contribution in [1.29, 1.82) is 5.26 Å². The van der Waals surface area contributed by atoms with E-state index in [1.807, 2.05) is 6.07 Å². The third-order valence-electron chi connectivity index (χ3n) is 1.78. The fraction of sp³-hybridized carbons (Fsp3) is 0.200. The maximum Gasteiger partial charge on any atom is 0.339 e. The van der Waals surface area contributed by atoms with Gasteiger partial charge in [-0.25, -0.2) is 4.79 Å². The average Bonchev–Trinajstić information content (AvgIpc) is 2.27. The van der Waals surface area contributed by atoms with E-state index in [0.29, 0.717) is 11.1 Å². The van der Waals surface area contributed by atoms with Crippen molar-refractivity contribution in [2.45, 2.75) is 6.10 Å². The molecule has 1 N–H and O–H groups in total. The van der Waals surface area contributed by atoms with Gasteiger partial charge < -0.3 is 9.84 Å². The van der Waals surface area contributed by atoms with Crippen molar-refractivity contribution in [3.05, 3.63) is 35.4 Å². The maximum absolute atomic E-state index is 10.9. The highest BCUT2D eigenvalue weighted by Crippen LogP contribution is 2.14. The van der Waals surface area contributed by atoms with E-state index in [1.165, 1.54) is 31.4 Å². The Morgan fingerprint density at radius 1 is 1.50 bits per heavy atom. The number of carbonyl (C=O) groups excluding carboxylic acids is 1. The number of esters is 1. The number of hydrogen-bond acceptors (Lipinski definition) is 4. The van der Waals surface area contributed by atoms with Crippen molar-refractivity contribution in [2.75, 3.05) is 7.11 Å². The molecule has 0 radical (unpaired) electrons. The smallest absolute Gasteiger partial charge is 0.339 e. The highest BCUT2D eigenvalue weighted by atomic mass is 16.5. The molecule has 0 aromatic heterocycles. The number of aliphatic hydroxyl groups is 1. The van der Waals surface area contributed by atoms with Gasteiger partial charge >= 0.3 is 5.97 Å². The molecule has 72 valence electrons. The minimum atomic E-state index is -1.28. The van der Waals surface area contributed by atoms with E-state index in [1.54, 1.807) is 0 Å². The molecule has 0 aliphatic rings. The quantitative estimate of drug-likeness (QED) is 0.701. The molecule has 0 heterocycles. The maximum atomic E-state index is 10.9. The first-order valence-electron chi connectivity index (χ1n) is 3.95. The first-order valence-corrected chi connectivity index (χ1v) is 3.95. The summed E-state index contributed by atoms with van der Waals surface area (Å²) in [5, 5.41) is 17.9. The van der Waals surface area contributed by atoms with E-state index in [4.69, 9.17) is 5.26 Å². The molecule has 1 atom stereocenters. The van der Waals surface area contributed by atoms with Crippen LogP contribution in [0.3, 0.4) is 0 Å². The average molecular weight is 191 g/mol. The SMILES string of the molecule is COC(=O)[C@@H](O)c1ccc(C#N)cc1. The lowest BCUT2D eigenvalue weighted by Crippen LogP contribution is -2.13. The van der Waals surface area contributed by atoms with Crippen molar-refractivity contribution < 1.29 is 14.6 Å². The zero-order chi connectivity index (χ0) is 10.6. The largest absolute Gasteiger partial charge is 0.467 e. The predicted molar refractivity (Wildman–Crippen MR) is 48.1 cm³/mol. The number of nitriles is 1. The highest BCUT2D eigenvalue weighted by molar-refractivity contribution is 5.76. The van der Waals surface area contributed by atoms with E-state index in [-0.39, 0.29) is 0 Å². The summed E-state index contributed by atoms with van der Waals surface area (Å²) in [6.45, 7) is 0. The zero-order valence-corrected chi connectivity index (χ0v) is 7.60. The number of aliphatic hydroxyl groups excluding tert-OH is 1. The third-order valence-corrected chi connectivity index (χ3v) is 1.78. The van der Waals surface area contributed by atoms with Crippen LogP contribution in [0.25, 0.3) is 0 Å². The topological polar surface area (TPSA) is 70.3 Å². The number of carbonyl (C=O) groups is 1. The number of benzene rings is 1. The standard InChI is InChI=1S/C10H9NO3/c1-14-10(13)9(12)8-4-2-7(6-11)3-5-8/h2-5,9,12H,1H3/t9-/m0/s1. The number of ether oxygens (including phenoxy) is 1. The van der Waals surface area contributed by atoms with Crippen LogP contribution in [0, 0.1) is 11.3 Å². The second kappa shape index (κ2) is 4.40. The summed E-state index contributed by atoms with van der Waals surface area (Å²) < 4.78 is 4.37. The van der Waals surface area contributed by atoms with Crippen molar-refractivity contribution in [3.8, 4) is 6.07 Å². The monoisotopic (exact) mass is 191 g/mol. The van der Waals surface area contributed by atoms with Gasteiger partial charge in [-0.2, -0.15) is 5.26 Å². The summed E-state index contributed by atoms with van der Waals surface area (Å²) in [6.07, 6.45) is -1.28. The molecule has 0 aliphatic heterocycles. The molecule has 14 heavy (non-hydrogen) atoms. The van der Waals surface area contributed by atoms with E-state index in [9.17, 15) is 9.90 Å². The first-order chi connectivity index (χ1) is 6.69. The van der Waals surface area contributed by atoms with Gasteiger partial charge in [0.15, 0.2) is 6.10 Å². The molecular weight excluding hydrogens is 182 g/mol. The summed E-state index contributed by atoms with van der Waals surface area (Å²) in [5.41, 5.74) is 0.890. The molecule has 0 amide bonds. The Labute approximate surface area is 81.4 Å². The van der Waals surface area contributed by atoms with Gasteiger partial charge in [0.25, 0.3) is 0 Å². The third kappa shape index (κ3) is 2.09. The Kier molecular flexibility index (Phi) is 3.21. The van der Waals surface area contributed by atoms with Crippen LogP contribution in [-0.4, -0.2) is 18.2 Å². The first kappa shape index (κ1) is 10.2. The van der Waals surface area contributed by atoms with Gasteiger partial charge in [-0.05, 0) is 17.7 Å². The van der Waals surface area contributed by atoms with E-state index in [2.05, 4.69) is 4.74 Å². The lowest BCUT2D eigenvalue weighted by Gasteiger charge is -2.07. The van der Waals surface area contributed by atoms with Crippen LogP contribution < -0.4 is 0 Å². The zero-order valence-electron chi connectivity index (χ0n) is 7.60. The van der Waals surface area contributed by atoms with Gasteiger partial charge in [-0.3, -0.25) is 0 Å². The van der Waals surface area contributed by atoms with Crippen LogP contribution in [0.4, 0.5) is 0 Å². The van der Waals surface area contributed by atoms with Gasteiger partial charge in [-0.15, -0.1) is 0 Å². The van der Waals surface area contributed by atoms with Gasteiger partial charge in [-0.1, -0.05) is 12.1 Å². The molecule has 0 saturated heterocycles. The van der Waals surface area contributed by atoms with Gasteiger partial charge in [0, 0.05) is 0 Å². The van der Waals surface area contributed by atoms with Crippen LogP contribution in [0.15, 0.2) is 24.3 Å². The fourth-order valence-corrected chi connectivity index (χ4v) is 0.988. The van der Waals surface area contributed by atoms with Gasteiger partial charge in [0.05, 0.1) is 18.7 Å². The number of hydrogen-bond donors (Lipinski definition) is 1. The van der Waals surface area contributed by atoms with Crippen LogP contribution in [0.5, 0.6) is 0 Å². The Bertz CT molecular complexity index is 364. The molecule has 1 rings (SSSR count). The minimum Gasteiger partial charge on any atom is -0.467 e. The summed E-state index contributed by atoms with van der Waals surface area (Å²) in [6, 6.07) is 8.03. The van der Waals surface area contributed by atoms with E-state index in [0.717, 1.165) is 0 Å². The number of rotatable bonds is 2. The molecule has 0 aliphatic carbocycles. The molecule has 1 aromatic carbocycles. The second-order valence-electron chi connectivity index (χ2n) is 2.66. The van der Waals surface area contributed by atoms with E-state index < -0.39 is 12.1 Å². The molecule has 4 nitrogen and oxygen atoms in total. The summed E-state index contributed by atoms with van der Waals surface area (Å²) >= 11 is 0. The van der Waals surface area contributed by atoms with Crippen molar-refractivity contribution in [3.63, 3.8) is 0 Å². The predicted octanol–water partition coefficient (Wildman–Crippen LogP) is 0.765. The molecular formula is C10H9NO3. The fourth-order valence-electron chi connectivity index (χ4n) is 0.988. The summed E-state index contributed by atoms with van der Waals surface area (Å²) in [5.74, 6) is -0.713. The lowest BCUT2D eigenvalue weighted by molar-refractivity contribution is -0.150. The Morgan fingerprint density at radius 3 is 2.50 bits per heavy atom. The Hall–Kier alpha value is -1.86. The van der Waals surface area contributed by atoms with Crippen molar-refractivity contribution >= 4 is 5.97 Å². The van der Waals surface area contributed by atoms with E-state index >= 15 is 0 Å². The summed E-state index contributed by atoms with van der Waals surface area (Å²) in [4.78, 5) is 10.9. The number of methoxy groups -OCH3 is 1. The van der Waals surface area contributed by atoms with Crippen LogP contribution in [0.2, 0.25) is 0 Å². The normalized spacial score (nSPS) is 11.5. The van der Waals surface area contributed by atoms with Crippen molar-refractivity contribution in [1.82, 2.24) is 0 Å². The molecule has 0 bridgehead atoms. The van der Waals surface area contributed by atoms with Gasteiger partial charge in [0.2, 0.25) is 0 Å². The highest BCUT2D eigenvalue weighted by Gasteiger charge is 2.17. The molecule has 0 spiro atoms. The van der Waals surface area contributed by atoms with Crippen molar-refractivity contribution in [2.24, 2.45) is 0 Å². The molecule has 0 unspecified atom stereocenters. The van der Waals surface area contributed by atoms with Crippen LogP contribution in [0.1, 0.15) is 17.2 Å². The summed E-state index contributed by atoms with van der Waals surface area (Å²) in [7, 11) is 1.20. The lowest BCUT2D eigenvalue weighted by atomic mass is 10.1.